The third-order valence-corrected chi connectivity index (χ3v) is 4.21. The summed E-state index contributed by atoms with van der Waals surface area (Å²) in [5.74, 6) is 0. The molecule has 2 amide bonds. The zero-order valence-electron chi connectivity index (χ0n) is 12.1. The second-order valence-corrected chi connectivity index (χ2v) is 6.85. The molecule has 0 bridgehead atoms. The van der Waals surface area contributed by atoms with Crippen molar-refractivity contribution in [2.24, 2.45) is 5.14 Å². The summed E-state index contributed by atoms with van der Waals surface area (Å²) in [7, 11) is -3.70. The molecule has 122 valence electrons. The third-order valence-electron chi connectivity index (χ3n) is 3.05. The van der Waals surface area contributed by atoms with Gasteiger partial charge in [0.15, 0.2) is 0 Å². The number of nitrogens with two attached hydrogens (primary N) is 1. The van der Waals surface area contributed by atoms with Crippen LogP contribution in [0.3, 0.4) is 0 Å². The van der Waals surface area contributed by atoms with Crippen LogP contribution in [0.15, 0.2) is 53.4 Å². The number of carbonyl (C=O) groups is 1. The largest absolute Gasteiger partial charge is 0.334 e. The van der Waals surface area contributed by atoms with Crippen LogP contribution in [0.4, 0.5) is 4.79 Å². The summed E-state index contributed by atoms with van der Waals surface area (Å²) in [5.41, 5.74) is 1.65. The van der Waals surface area contributed by atoms with Crippen molar-refractivity contribution >= 4 is 27.7 Å². The fourth-order valence-corrected chi connectivity index (χ4v) is 2.60. The first-order valence-electron chi connectivity index (χ1n) is 6.72. The van der Waals surface area contributed by atoms with Gasteiger partial charge in [-0.2, -0.15) is 0 Å². The monoisotopic (exact) mass is 353 g/mol. The molecule has 0 unspecified atom stereocenters. The SMILES string of the molecule is NS(=O)(=O)c1ccc(CNC(=O)NCc2cccc(Cl)c2)cc1. The Balaban J connectivity index is 1.82. The number of amides is 2. The van der Waals surface area contributed by atoms with Gasteiger partial charge in [-0.3, -0.25) is 0 Å². The van der Waals surface area contributed by atoms with E-state index in [0.717, 1.165) is 11.1 Å². The van der Waals surface area contributed by atoms with Crippen molar-refractivity contribution in [1.82, 2.24) is 10.6 Å². The van der Waals surface area contributed by atoms with Crippen molar-refractivity contribution in [1.29, 1.82) is 0 Å². The molecule has 0 aromatic heterocycles. The Morgan fingerprint density at radius 3 is 2.17 bits per heavy atom. The van der Waals surface area contributed by atoms with E-state index in [1.807, 2.05) is 12.1 Å². The molecule has 6 nitrogen and oxygen atoms in total. The number of hydrogen-bond donors (Lipinski definition) is 3. The van der Waals surface area contributed by atoms with Gasteiger partial charge < -0.3 is 10.6 Å². The predicted octanol–water partition coefficient (Wildman–Crippen LogP) is 1.99. The maximum absolute atomic E-state index is 11.7. The highest BCUT2D eigenvalue weighted by atomic mass is 35.5. The average Bonchev–Trinajstić information content (AvgIpc) is 2.50. The third kappa shape index (κ3) is 5.55. The van der Waals surface area contributed by atoms with E-state index in [4.69, 9.17) is 16.7 Å². The number of carbonyl (C=O) groups excluding carboxylic acids is 1. The fourth-order valence-electron chi connectivity index (χ4n) is 1.87. The van der Waals surface area contributed by atoms with Crippen LogP contribution in [-0.4, -0.2) is 14.4 Å². The van der Waals surface area contributed by atoms with Gasteiger partial charge in [0, 0.05) is 18.1 Å². The highest BCUT2D eigenvalue weighted by Gasteiger charge is 2.07. The highest BCUT2D eigenvalue weighted by molar-refractivity contribution is 7.89. The van der Waals surface area contributed by atoms with Gasteiger partial charge in [0.2, 0.25) is 10.0 Å². The molecule has 2 aromatic carbocycles. The zero-order valence-corrected chi connectivity index (χ0v) is 13.7. The number of hydrogen-bond acceptors (Lipinski definition) is 3. The van der Waals surface area contributed by atoms with E-state index < -0.39 is 10.0 Å². The van der Waals surface area contributed by atoms with Crippen LogP contribution in [-0.2, 0) is 23.1 Å². The van der Waals surface area contributed by atoms with Gasteiger partial charge in [-0.1, -0.05) is 35.9 Å². The van der Waals surface area contributed by atoms with Crippen LogP contribution >= 0.6 is 11.6 Å². The number of primary sulfonamides is 1. The van der Waals surface area contributed by atoms with Crippen LogP contribution in [0.5, 0.6) is 0 Å². The second kappa shape index (κ2) is 7.45. The minimum atomic E-state index is -3.70. The molecule has 23 heavy (non-hydrogen) atoms. The van der Waals surface area contributed by atoms with Gasteiger partial charge in [-0.25, -0.2) is 18.4 Å². The quantitative estimate of drug-likeness (QED) is 0.766. The van der Waals surface area contributed by atoms with Crippen molar-refractivity contribution in [3.05, 3.63) is 64.7 Å². The Morgan fingerprint density at radius 1 is 1.00 bits per heavy atom. The lowest BCUT2D eigenvalue weighted by Gasteiger charge is -2.08. The molecule has 8 heteroatoms. The lowest BCUT2D eigenvalue weighted by molar-refractivity contribution is 0.240. The van der Waals surface area contributed by atoms with Gasteiger partial charge in [0.05, 0.1) is 4.90 Å². The standard InChI is InChI=1S/C15H16ClN3O3S/c16-13-3-1-2-12(8-13)10-19-15(20)18-9-11-4-6-14(7-5-11)23(17,21)22/h1-8H,9-10H2,(H2,17,21,22)(H2,18,19,20). The van der Waals surface area contributed by atoms with Gasteiger partial charge in [0.25, 0.3) is 0 Å². The van der Waals surface area contributed by atoms with Gasteiger partial charge in [-0.05, 0) is 35.4 Å². The number of benzene rings is 2. The molecule has 0 atom stereocenters. The average molecular weight is 354 g/mol. The molecular formula is C15H16ClN3O3S. The molecular weight excluding hydrogens is 338 g/mol. The number of rotatable bonds is 5. The maximum atomic E-state index is 11.7. The normalized spacial score (nSPS) is 11.0. The summed E-state index contributed by atoms with van der Waals surface area (Å²) in [5, 5.41) is 11.0. The van der Waals surface area contributed by atoms with E-state index in [9.17, 15) is 13.2 Å². The summed E-state index contributed by atoms with van der Waals surface area (Å²) in [6, 6.07) is 12.9. The zero-order chi connectivity index (χ0) is 16.9. The molecule has 0 aliphatic rings. The van der Waals surface area contributed by atoms with Crippen LogP contribution < -0.4 is 15.8 Å². The molecule has 0 heterocycles. The first kappa shape index (κ1) is 17.3. The molecule has 0 aliphatic carbocycles. The molecule has 0 radical (unpaired) electrons. The van der Waals surface area contributed by atoms with Crippen LogP contribution in [0.1, 0.15) is 11.1 Å². The lowest BCUT2D eigenvalue weighted by atomic mass is 10.2. The molecule has 2 aromatic rings. The molecule has 2 rings (SSSR count). The number of halogens is 1. The number of nitrogens with one attached hydrogen (secondary N) is 2. The van der Waals surface area contributed by atoms with E-state index in [2.05, 4.69) is 10.6 Å². The summed E-state index contributed by atoms with van der Waals surface area (Å²) in [4.78, 5) is 11.8. The molecule has 4 N–H and O–H groups in total. The molecule has 0 saturated carbocycles. The molecule has 0 spiro atoms. The summed E-state index contributed by atoms with van der Waals surface area (Å²) >= 11 is 5.87. The maximum Gasteiger partial charge on any atom is 0.315 e. The number of sulfonamides is 1. The topological polar surface area (TPSA) is 101 Å². The van der Waals surface area contributed by atoms with Crippen LogP contribution in [0.2, 0.25) is 5.02 Å². The van der Waals surface area contributed by atoms with E-state index in [-0.39, 0.29) is 17.5 Å². The van der Waals surface area contributed by atoms with E-state index in [1.165, 1.54) is 12.1 Å². The Morgan fingerprint density at radius 2 is 1.61 bits per heavy atom. The minimum absolute atomic E-state index is 0.0339. The van der Waals surface area contributed by atoms with Crippen molar-refractivity contribution < 1.29 is 13.2 Å². The van der Waals surface area contributed by atoms with Crippen LogP contribution in [0, 0.1) is 0 Å². The summed E-state index contributed by atoms with van der Waals surface area (Å²) in [6.45, 7) is 0.628. The Hall–Kier alpha value is -2.09. The Bertz CT molecular complexity index is 792. The second-order valence-electron chi connectivity index (χ2n) is 4.86. The minimum Gasteiger partial charge on any atom is -0.334 e. The first-order chi connectivity index (χ1) is 10.8. The smallest absolute Gasteiger partial charge is 0.315 e. The molecule has 0 saturated heterocycles. The Labute approximate surface area is 139 Å². The van der Waals surface area contributed by atoms with Crippen molar-refractivity contribution in [3.63, 3.8) is 0 Å². The lowest BCUT2D eigenvalue weighted by Crippen LogP contribution is -2.34. The summed E-state index contributed by atoms with van der Waals surface area (Å²) in [6.07, 6.45) is 0. The fraction of sp³-hybridized carbons (Fsp3) is 0.133. The molecule has 0 aliphatic heterocycles. The van der Waals surface area contributed by atoms with Gasteiger partial charge in [0.1, 0.15) is 0 Å². The van der Waals surface area contributed by atoms with Crippen molar-refractivity contribution in [3.8, 4) is 0 Å². The van der Waals surface area contributed by atoms with Crippen LogP contribution in [0.25, 0.3) is 0 Å². The van der Waals surface area contributed by atoms with Crippen molar-refractivity contribution in [2.75, 3.05) is 0 Å². The van der Waals surface area contributed by atoms with E-state index >= 15 is 0 Å². The van der Waals surface area contributed by atoms with E-state index in [0.29, 0.717) is 11.6 Å². The predicted molar refractivity (Wildman–Crippen MR) is 88.3 cm³/mol. The van der Waals surface area contributed by atoms with Gasteiger partial charge in [-0.15, -0.1) is 0 Å². The molecule has 0 fully saturated rings. The van der Waals surface area contributed by atoms with Gasteiger partial charge >= 0.3 is 6.03 Å². The Kier molecular flexibility index (Phi) is 5.59. The summed E-state index contributed by atoms with van der Waals surface area (Å²) < 4.78 is 22.3. The van der Waals surface area contributed by atoms with E-state index in [1.54, 1.807) is 24.3 Å². The highest BCUT2D eigenvalue weighted by Crippen LogP contribution is 2.10. The first-order valence-corrected chi connectivity index (χ1v) is 8.65. The van der Waals surface area contributed by atoms with Crippen molar-refractivity contribution in [2.45, 2.75) is 18.0 Å². The number of urea groups is 1.